The fraction of sp³-hybridized carbons (Fsp3) is 0.767. The number of aryl methyl sites for hydroxylation is 1. The molecule has 6 atom stereocenters. The number of fused-ring (bicyclic) bond motifs is 1. The van der Waals surface area contributed by atoms with Crippen LogP contribution >= 0.6 is 7.67 Å². The Bertz CT molecular complexity index is 1410. The molecule has 17 heteroatoms. The fourth-order valence-corrected chi connectivity index (χ4v) is 7.89. The predicted octanol–water partition coefficient (Wildman–Crippen LogP) is 2.22. The zero-order valence-corrected chi connectivity index (χ0v) is 29.4. The molecule has 0 aliphatic carbocycles. The first kappa shape index (κ1) is 37.1. The van der Waals surface area contributed by atoms with Crippen molar-refractivity contribution in [2.45, 2.75) is 104 Å². The second-order valence-corrected chi connectivity index (χ2v) is 14.7. The summed E-state index contributed by atoms with van der Waals surface area (Å²) in [6.07, 6.45) is -0.268. The van der Waals surface area contributed by atoms with Crippen molar-refractivity contribution in [3.8, 4) is 0 Å². The number of aliphatic hydroxyl groups excluding tert-OH is 1. The maximum Gasteiger partial charge on any atom is 0.342 e. The van der Waals surface area contributed by atoms with Gasteiger partial charge in [-0.3, -0.25) is 18.7 Å². The average molecular weight is 684 g/mol. The molecule has 0 saturated carbocycles. The monoisotopic (exact) mass is 683 g/mol. The Hall–Kier alpha value is -2.72. The summed E-state index contributed by atoms with van der Waals surface area (Å²) in [5, 5.41) is 28.4. The van der Waals surface area contributed by atoms with Gasteiger partial charge in [-0.25, -0.2) is 25.1 Å². The summed E-state index contributed by atoms with van der Waals surface area (Å²) >= 11 is 0. The molecule has 264 valence electrons. The van der Waals surface area contributed by atoms with Gasteiger partial charge in [0.25, 0.3) is 0 Å². The van der Waals surface area contributed by atoms with Gasteiger partial charge in [0, 0.05) is 13.1 Å². The maximum atomic E-state index is 14.5. The van der Waals surface area contributed by atoms with E-state index in [1.54, 1.807) is 53.0 Å². The number of ether oxygens (including phenoxy) is 3. The Morgan fingerprint density at radius 1 is 1.06 bits per heavy atom. The summed E-state index contributed by atoms with van der Waals surface area (Å²) in [6.45, 7) is 14.9. The first-order valence-corrected chi connectivity index (χ1v) is 17.9. The highest BCUT2D eigenvalue weighted by atomic mass is 31.2. The van der Waals surface area contributed by atoms with Crippen LogP contribution in [-0.4, -0.2) is 104 Å². The molecule has 47 heavy (non-hydrogen) atoms. The van der Waals surface area contributed by atoms with Gasteiger partial charge in [0.1, 0.15) is 35.7 Å². The van der Waals surface area contributed by atoms with Crippen molar-refractivity contribution in [2.24, 2.45) is 11.8 Å². The van der Waals surface area contributed by atoms with Crippen molar-refractivity contribution < 1.29 is 43.1 Å². The molecule has 2 aliphatic heterocycles. The van der Waals surface area contributed by atoms with Crippen LogP contribution in [0.2, 0.25) is 0 Å². The number of aliphatic hydroxyl groups is 2. The topological polar surface area (TPSA) is 199 Å². The van der Waals surface area contributed by atoms with Crippen molar-refractivity contribution in [1.29, 1.82) is 0 Å². The molecule has 2 fully saturated rings. The zero-order chi connectivity index (χ0) is 34.7. The van der Waals surface area contributed by atoms with Crippen LogP contribution in [0.5, 0.6) is 0 Å². The number of esters is 2. The molecule has 4 rings (SSSR count). The molecule has 0 aromatic carbocycles. The summed E-state index contributed by atoms with van der Waals surface area (Å²) in [5.41, 5.74) is -0.882. The van der Waals surface area contributed by atoms with Gasteiger partial charge >= 0.3 is 19.6 Å². The standard InChI is InChI=1S/C30H50N7O9P/c1-9-43-27(39)21(17(3)4)34-47(42,35-22(18(5)6)28(40)44-10-2)45-15-20-24(38)30(8,41)29(46-20)37-16-31-23-25(36-13-11-12-14-36)32-19(7)33-26(23)37/h16-18,20-22,24,29,38,41H,9-15H2,1-8H3,(H2,34,35,42)/t20-,21+,22+,24?,29-,30+/m1/s1. The van der Waals surface area contributed by atoms with Crippen LogP contribution in [0.4, 0.5) is 5.82 Å². The van der Waals surface area contributed by atoms with Crippen molar-refractivity contribution in [1.82, 2.24) is 29.7 Å². The van der Waals surface area contributed by atoms with E-state index in [1.165, 1.54) is 13.3 Å². The fourth-order valence-electron chi connectivity index (χ4n) is 5.77. The van der Waals surface area contributed by atoms with E-state index in [9.17, 15) is 24.4 Å². The number of imidazole rings is 1. The summed E-state index contributed by atoms with van der Waals surface area (Å²) in [5.74, 6) is -0.845. The van der Waals surface area contributed by atoms with Gasteiger partial charge in [0.05, 0.1) is 26.1 Å². The highest BCUT2D eigenvalue weighted by Crippen LogP contribution is 2.45. The van der Waals surface area contributed by atoms with E-state index in [1.807, 2.05) is 0 Å². The minimum Gasteiger partial charge on any atom is -0.465 e. The van der Waals surface area contributed by atoms with Crippen LogP contribution in [0.25, 0.3) is 11.2 Å². The number of nitrogens with one attached hydrogen (secondary N) is 2. The molecule has 1 unspecified atom stereocenters. The molecular weight excluding hydrogens is 633 g/mol. The number of anilines is 1. The lowest BCUT2D eigenvalue weighted by atomic mass is 9.96. The molecule has 4 heterocycles. The summed E-state index contributed by atoms with van der Waals surface area (Å²) in [6, 6.07) is -2.14. The van der Waals surface area contributed by atoms with Crippen molar-refractivity contribution in [3.63, 3.8) is 0 Å². The first-order valence-electron chi connectivity index (χ1n) is 16.3. The molecule has 4 N–H and O–H groups in total. The van der Waals surface area contributed by atoms with Crippen LogP contribution in [0, 0.1) is 18.8 Å². The minimum absolute atomic E-state index is 0.102. The van der Waals surface area contributed by atoms with E-state index in [0.29, 0.717) is 22.8 Å². The quantitative estimate of drug-likeness (QED) is 0.157. The molecule has 0 bridgehead atoms. The highest BCUT2D eigenvalue weighted by molar-refractivity contribution is 7.54. The lowest BCUT2D eigenvalue weighted by Crippen LogP contribution is -2.49. The molecular formula is C30H50N7O9P. The Kier molecular flexibility index (Phi) is 12.0. The Balaban J connectivity index is 1.62. The molecule has 2 aromatic heterocycles. The Morgan fingerprint density at radius 3 is 2.13 bits per heavy atom. The summed E-state index contributed by atoms with van der Waals surface area (Å²) in [4.78, 5) is 41.6. The summed E-state index contributed by atoms with van der Waals surface area (Å²) in [7, 11) is -4.28. The van der Waals surface area contributed by atoms with Gasteiger partial charge in [-0.15, -0.1) is 0 Å². The second kappa shape index (κ2) is 15.2. The SMILES string of the molecule is CCOC(=O)[C@@H](NP(=O)(N[C@H](C(=O)OCC)C(C)C)OC[C@H]1O[C@@H](n2cnc3c(N4CCCC4)nc(C)nc32)[C@@](C)(O)C1O)C(C)C. The average Bonchev–Trinajstić information content (AvgIpc) is 3.73. The number of aromatic nitrogens is 4. The lowest BCUT2D eigenvalue weighted by molar-refractivity contribution is -0.146. The van der Waals surface area contributed by atoms with Crippen LogP contribution in [0.15, 0.2) is 6.33 Å². The van der Waals surface area contributed by atoms with E-state index >= 15 is 0 Å². The number of nitrogens with zero attached hydrogens (tertiary/aromatic N) is 5. The van der Waals surface area contributed by atoms with Crippen LogP contribution in [0.1, 0.15) is 73.4 Å². The van der Waals surface area contributed by atoms with E-state index in [-0.39, 0.29) is 25.0 Å². The maximum absolute atomic E-state index is 14.5. The second-order valence-electron chi connectivity index (χ2n) is 12.9. The van der Waals surface area contributed by atoms with Crippen LogP contribution in [0.3, 0.4) is 0 Å². The Labute approximate surface area is 275 Å². The third kappa shape index (κ3) is 8.12. The minimum atomic E-state index is -4.28. The van der Waals surface area contributed by atoms with Gasteiger partial charge < -0.3 is 33.8 Å². The number of rotatable bonds is 15. The third-order valence-electron chi connectivity index (χ3n) is 8.38. The van der Waals surface area contributed by atoms with Gasteiger partial charge in [-0.2, -0.15) is 0 Å². The Morgan fingerprint density at radius 2 is 1.62 bits per heavy atom. The van der Waals surface area contributed by atoms with Crippen molar-refractivity contribution >= 4 is 36.6 Å². The van der Waals surface area contributed by atoms with Gasteiger partial charge in [-0.05, 0) is 52.4 Å². The van der Waals surface area contributed by atoms with Gasteiger partial charge in [-0.1, -0.05) is 27.7 Å². The molecule has 0 amide bonds. The van der Waals surface area contributed by atoms with E-state index < -0.39 is 62.3 Å². The zero-order valence-electron chi connectivity index (χ0n) is 28.5. The predicted molar refractivity (Wildman–Crippen MR) is 172 cm³/mol. The molecule has 2 aromatic rings. The van der Waals surface area contributed by atoms with Crippen LogP contribution in [-0.2, 0) is 32.9 Å². The molecule has 0 radical (unpaired) electrons. The molecule has 2 saturated heterocycles. The molecule has 16 nitrogen and oxygen atoms in total. The smallest absolute Gasteiger partial charge is 0.342 e. The highest BCUT2D eigenvalue weighted by Gasteiger charge is 2.54. The normalized spacial score (nSPS) is 24.8. The van der Waals surface area contributed by atoms with E-state index in [2.05, 4.69) is 30.0 Å². The van der Waals surface area contributed by atoms with Crippen LogP contribution < -0.4 is 15.1 Å². The first-order chi connectivity index (χ1) is 22.1. The molecule has 0 spiro atoms. The van der Waals surface area contributed by atoms with Gasteiger partial charge in [0.2, 0.25) is 0 Å². The van der Waals surface area contributed by atoms with E-state index in [4.69, 9.17) is 18.7 Å². The molecule has 2 aliphatic rings. The number of carbonyl (C=O) groups is 2. The van der Waals surface area contributed by atoms with Crippen molar-refractivity contribution in [2.75, 3.05) is 37.8 Å². The number of carbonyl (C=O) groups excluding carboxylic acids is 2. The van der Waals surface area contributed by atoms with E-state index in [0.717, 1.165) is 25.9 Å². The third-order valence-corrected chi connectivity index (χ3v) is 10.1. The largest absolute Gasteiger partial charge is 0.465 e. The summed E-state index contributed by atoms with van der Waals surface area (Å²) < 4.78 is 38.5. The van der Waals surface area contributed by atoms with Crippen molar-refractivity contribution in [3.05, 3.63) is 12.2 Å². The lowest BCUT2D eigenvalue weighted by Gasteiger charge is -2.31. The van der Waals surface area contributed by atoms with Gasteiger partial charge in [0.15, 0.2) is 23.2 Å². The number of hydrogen-bond acceptors (Lipinski definition) is 13. The number of hydrogen-bond donors (Lipinski definition) is 4.